The maximum Gasteiger partial charge on any atom is 0.304 e. The second-order valence-electron chi connectivity index (χ2n) is 4.46. The topological polar surface area (TPSA) is 63.3 Å². The van der Waals surface area contributed by atoms with Gasteiger partial charge in [-0.25, -0.2) is 0 Å². The van der Waals surface area contributed by atoms with Gasteiger partial charge in [0.1, 0.15) is 0 Å². The zero-order valence-corrected chi connectivity index (χ0v) is 10.2. The van der Waals surface area contributed by atoms with Gasteiger partial charge in [-0.1, -0.05) is 46.5 Å². The van der Waals surface area contributed by atoms with Crippen LogP contribution in [-0.2, 0) is 4.79 Å². The van der Waals surface area contributed by atoms with E-state index in [1.54, 1.807) is 0 Å². The maximum absolute atomic E-state index is 10.6. The fraction of sp³-hybridized carbons (Fsp3) is 0.917. The molecule has 0 rings (SSSR count). The summed E-state index contributed by atoms with van der Waals surface area (Å²) in [5.41, 5.74) is 5.90. The van der Waals surface area contributed by atoms with Gasteiger partial charge in [0.05, 0.1) is 6.42 Å². The highest BCUT2D eigenvalue weighted by Gasteiger charge is 2.23. The smallest absolute Gasteiger partial charge is 0.304 e. The summed E-state index contributed by atoms with van der Waals surface area (Å²) < 4.78 is 0. The van der Waals surface area contributed by atoms with Crippen molar-refractivity contribution in [3.63, 3.8) is 0 Å². The van der Waals surface area contributed by atoms with E-state index >= 15 is 0 Å². The third-order valence-electron chi connectivity index (χ3n) is 3.15. The van der Waals surface area contributed by atoms with Crippen molar-refractivity contribution in [3.8, 4) is 0 Å². The summed E-state index contributed by atoms with van der Waals surface area (Å²) in [5.74, 6) is 0.0939. The van der Waals surface area contributed by atoms with E-state index in [-0.39, 0.29) is 12.5 Å². The molecule has 15 heavy (non-hydrogen) atoms. The summed E-state index contributed by atoms with van der Waals surface area (Å²) in [6.07, 6.45) is 4.69. The molecule has 0 radical (unpaired) electrons. The highest BCUT2D eigenvalue weighted by atomic mass is 16.4. The third-order valence-corrected chi connectivity index (χ3v) is 3.15. The minimum absolute atomic E-state index is 0.0884. The Bertz CT molecular complexity index is 176. The molecule has 0 fully saturated rings. The first-order valence-electron chi connectivity index (χ1n) is 6.00. The highest BCUT2D eigenvalue weighted by molar-refractivity contribution is 5.67. The molecule has 0 aliphatic heterocycles. The third kappa shape index (κ3) is 5.78. The first-order valence-corrected chi connectivity index (χ1v) is 6.00. The Morgan fingerprint density at radius 1 is 1.27 bits per heavy atom. The molecule has 0 saturated heterocycles. The van der Waals surface area contributed by atoms with E-state index in [2.05, 4.69) is 20.8 Å². The van der Waals surface area contributed by atoms with Gasteiger partial charge in [-0.05, 0) is 11.8 Å². The molecule has 0 bridgehead atoms. The van der Waals surface area contributed by atoms with Crippen molar-refractivity contribution < 1.29 is 9.90 Å². The standard InChI is InChI=1S/C12H25NO2/c1-4-6-10(7-5-2)9(3)11(13)8-12(14)15/h9-11H,4-8,13H2,1-3H3,(H,14,15). The Morgan fingerprint density at radius 2 is 1.73 bits per heavy atom. The Hall–Kier alpha value is -0.570. The fourth-order valence-electron chi connectivity index (χ4n) is 2.15. The molecule has 3 nitrogen and oxygen atoms in total. The van der Waals surface area contributed by atoms with Gasteiger partial charge in [0.2, 0.25) is 0 Å². The molecule has 3 N–H and O–H groups in total. The lowest BCUT2D eigenvalue weighted by Crippen LogP contribution is -2.35. The van der Waals surface area contributed by atoms with Crippen molar-refractivity contribution in [2.75, 3.05) is 0 Å². The first-order chi connectivity index (χ1) is 7.02. The second-order valence-corrected chi connectivity index (χ2v) is 4.46. The van der Waals surface area contributed by atoms with Crippen LogP contribution in [0.2, 0.25) is 0 Å². The summed E-state index contributed by atoms with van der Waals surface area (Å²) in [5, 5.41) is 8.69. The highest BCUT2D eigenvalue weighted by Crippen LogP contribution is 2.25. The Morgan fingerprint density at radius 3 is 2.07 bits per heavy atom. The predicted molar refractivity (Wildman–Crippen MR) is 62.7 cm³/mol. The van der Waals surface area contributed by atoms with Crippen molar-refractivity contribution in [2.45, 2.75) is 58.9 Å². The first kappa shape index (κ1) is 14.4. The molecule has 0 aliphatic rings. The summed E-state index contributed by atoms with van der Waals surface area (Å²) in [7, 11) is 0. The summed E-state index contributed by atoms with van der Waals surface area (Å²) >= 11 is 0. The van der Waals surface area contributed by atoms with Crippen LogP contribution < -0.4 is 5.73 Å². The molecule has 2 atom stereocenters. The number of rotatable bonds is 8. The minimum Gasteiger partial charge on any atom is -0.481 e. The normalized spacial score (nSPS) is 15.3. The zero-order chi connectivity index (χ0) is 11.8. The van der Waals surface area contributed by atoms with E-state index in [1.165, 1.54) is 0 Å². The molecule has 0 aliphatic carbocycles. The number of nitrogens with two attached hydrogens (primary N) is 1. The van der Waals surface area contributed by atoms with Crippen molar-refractivity contribution in [1.29, 1.82) is 0 Å². The summed E-state index contributed by atoms with van der Waals surface area (Å²) in [4.78, 5) is 10.6. The van der Waals surface area contributed by atoms with Gasteiger partial charge in [-0.15, -0.1) is 0 Å². The number of carboxylic acids is 1. The molecule has 0 spiro atoms. The quantitative estimate of drug-likeness (QED) is 0.654. The Labute approximate surface area is 93.0 Å². The monoisotopic (exact) mass is 215 g/mol. The van der Waals surface area contributed by atoms with Gasteiger partial charge < -0.3 is 10.8 Å². The maximum atomic E-state index is 10.6. The molecule has 0 amide bonds. The van der Waals surface area contributed by atoms with E-state index in [4.69, 9.17) is 10.8 Å². The lowest BCUT2D eigenvalue weighted by atomic mass is 9.81. The van der Waals surface area contributed by atoms with Crippen LogP contribution in [0, 0.1) is 11.8 Å². The Kier molecular flexibility index (Phi) is 7.39. The van der Waals surface area contributed by atoms with Crippen LogP contribution in [-0.4, -0.2) is 17.1 Å². The van der Waals surface area contributed by atoms with E-state index in [0.29, 0.717) is 11.8 Å². The van der Waals surface area contributed by atoms with Crippen LogP contribution in [0.5, 0.6) is 0 Å². The van der Waals surface area contributed by atoms with Crippen LogP contribution in [0.25, 0.3) is 0 Å². The number of carboxylic acid groups (broad SMARTS) is 1. The molecule has 0 aromatic carbocycles. The van der Waals surface area contributed by atoms with Crippen LogP contribution in [0.3, 0.4) is 0 Å². The van der Waals surface area contributed by atoms with Crippen molar-refractivity contribution >= 4 is 5.97 Å². The second kappa shape index (κ2) is 7.69. The van der Waals surface area contributed by atoms with Crippen LogP contribution in [0.1, 0.15) is 52.9 Å². The lowest BCUT2D eigenvalue weighted by molar-refractivity contribution is -0.137. The van der Waals surface area contributed by atoms with E-state index in [1.807, 2.05) is 0 Å². The van der Waals surface area contributed by atoms with E-state index < -0.39 is 5.97 Å². The molecule has 0 heterocycles. The summed E-state index contributed by atoms with van der Waals surface area (Å²) in [6.45, 7) is 6.42. The van der Waals surface area contributed by atoms with Crippen molar-refractivity contribution in [3.05, 3.63) is 0 Å². The van der Waals surface area contributed by atoms with Gasteiger partial charge in [-0.3, -0.25) is 4.79 Å². The van der Waals surface area contributed by atoms with Crippen LogP contribution >= 0.6 is 0 Å². The average molecular weight is 215 g/mol. The van der Waals surface area contributed by atoms with Crippen LogP contribution in [0.4, 0.5) is 0 Å². The minimum atomic E-state index is -0.791. The molecular weight excluding hydrogens is 190 g/mol. The van der Waals surface area contributed by atoms with Gasteiger partial charge in [-0.2, -0.15) is 0 Å². The molecule has 0 aromatic heterocycles. The lowest BCUT2D eigenvalue weighted by Gasteiger charge is -2.27. The van der Waals surface area contributed by atoms with Crippen LogP contribution in [0.15, 0.2) is 0 Å². The van der Waals surface area contributed by atoms with Gasteiger partial charge in [0.25, 0.3) is 0 Å². The Balaban J connectivity index is 4.19. The average Bonchev–Trinajstić information content (AvgIpc) is 2.15. The summed E-state index contributed by atoms with van der Waals surface area (Å²) in [6, 6.07) is -0.203. The number of hydrogen-bond acceptors (Lipinski definition) is 2. The molecule has 0 saturated carbocycles. The molecular formula is C12H25NO2. The SMILES string of the molecule is CCCC(CCC)C(C)C(N)CC(=O)O. The van der Waals surface area contributed by atoms with Gasteiger partial charge >= 0.3 is 5.97 Å². The molecule has 2 unspecified atom stereocenters. The largest absolute Gasteiger partial charge is 0.481 e. The number of carbonyl (C=O) groups is 1. The predicted octanol–water partition coefficient (Wildman–Crippen LogP) is 2.64. The van der Waals surface area contributed by atoms with Gasteiger partial charge in [0.15, 0.2) is 0 Å². The van der Waals surface area contributed by atoms with Crippen molar-refractivity contribution in [2.24, 2.45) is 17.6 Å². The van der Waals surface area contributed by atoms with E-state index in [0.717, 1.165) is 25.7 Å². The molecule has 90 valence electrons. The zero-order valence-electron chi connectivity index (χ0n) is 10.2. The van der Waals surface area contributed by atoms with Gasteiger partial charge in [0, 0.05) is 6.04 Å². The number of hydrogen-bond donors (Lipinski definition) is 2. The van der Waals surface area contributed by atoms with Crippen molar-refractivity contribution in [1.82, 2.24) is 0 Å². The fourth-order valence-corrected chi connectivity index (χ4v) is 2.15. The van der Waals surface area contributed by atoms with E-state index in [9.17, 15) is 4.79 Å². The number of aliphatic carboxylic acids is 1. The molecule has 0 aromatic rings. The molecule has 3 heteroatoms.